The minimum atomic E-state index is -4.35. The summed E-state index contributed by atoms with van der Waals surface area (Å²) in [6.07, 6.45) is -1.60. The van der Waals surface area contributed by atoms with E-state index < -0.39 is 11.7 Å². The fourth-order valence-electron chi connectivity index (χ4n) is 1.22. The number of alkyl halides is 3. The van der Waals surface area contributed by atoms with Crippen molar-refractivity contribution in [2.75, 3.05) is 0 Å². The molecule has 0 aliphatic rings. The summed E-state index contributed by atoms with van der Waals surface area (Å²) in [5.41, 5.74) is 5.68. The molecule has 0 bridgehead atoms. The molecule has 1 aromatic carbocycles. The lowest BCUT2D eigenvalue weighted by Gasteiger charge is -2.10. The van der Waals surface area contributed by atoms with Crippen molar-refractivity contribution in [3.05, 3.63) is 41.1 Å². The van der Waals surface area contributed by atoms with Crippen LogP contribution in [0.4, 0.5) is 18.9 Å². The van der Waals surface area contributed by atoms with Gasteiger partial charge in [-0.25, -0.2) is 0 Å². The molecular weight excluding hydrogens is 229 g/mol. The Morgan fingerprint density at radius 3 is 2.53 bits per heavy atom. The van der Waals surface area contributed by atoms with E-state index in [4.69, 9.17) is 5.73 Å². The number of hydrogen-bond donors (Lipinski definition) is 1. The Morgan fingerprint density at radius 1 is 1.35 bits per heavy atom. The van der Waals surface area contributed by atoms with Crippen LogP contribution >= 0.6 is 0 Å². The van der Waals surface area contributed by atoms with E-state index in [0.29, 0.717) is 5.57 Å². The first-order chi connectivity index (χ1) is 7.84. The van der Waals surface area contributed by atoms with Gasteiger partial charge in [-0.1, -0.05) is 6.07 Å². The Morgan fingerprint density at radius 2 is 2.00 bits per heavy atom. The van der Waals surface area contributed by atoms with E-state index >= 15 is 0 Å². The summed E-state index contributed by atoms with van der Waals surface area (Å²) >= 11 is 0. The van der Waals surface area contributed by atoms with Gasteiger partial charge in [0.05, 0.1) is 11.3 Å². The lowest BCUT2D eigenvalue weighted by molar-refractivity contribution is -0.138. The smallest absolute Gasteiger partial charge is 0.404 e. The first kappa shape index (κ1) is 13.3. The van der Waals surface area contributed by atoms with Crippen molar-refractivity contribution in [3.63, 3.8) is 0 Å². The van der Waals surface area contributed by atoms with Crippen LogP contribution in [0.25, 0.3) is 0 Å². The van der Waals surface area contributed by atoms with E-state index in [1.165, 1.54) is 31.5 Å². The topological polar surface area (TPSA) is 38.4 Å². The molecule has 2 nitrogen and oxygen atoms in total. The Bertz CT molecular complexity index is 459. The second-order valence-corrected chi connectivity index (χ2v) is 3.67. The van der Waals surface area contributed by atoms with Crippen molar-refractivity contribution in [3.8, 4) is 0 Å². The third kappa shape index (κ3) is 3.62. The molecule has 0 saturated carbocycles. The zero-order chi connectivity index (χ0) is 13.1. The van der Waals surface area contributed by atoms with Crippen LogP contribution in [0.3, 0.4) is 0 Å². The molecule has 0 spiro atoms. The summed E-state index contributed by atoms with van der Waals surface area (Å²) in [6.45, 7) is 3.13. The van der Waals surface area contributed by atoms with Crippen LogP contribution in [-0.2, 0) is 6.18 Å². The van der Waals surface area contributed by atoms with Crippen molar-refractivity contribution in [1.82, 2.24) is 0 Å². The minimum Gasteiger partial charge on any atom is -0.404 e. The van der Waals surface area contributed by atoms with Gasteiger partial charge in [0.25, 0.3) is 0 Å². The van der Waals surface area contributed by atoms with Crippen molar-refractivity contribution in [2.45, 2.75) is 20.0 Å². The average molecular weight is 242 g/mol. The highest BCUT2D eigenvalue weighted by Gasteiger charge is 2.32. The van der Waals surface area contributed by atoms with E-state index in [1.807, 2.05) is 0 Å². The maximum absolute atomic E-state index is 12.6. The second kappa shape index (κ2) is 5.03. The molecular formula is C12H13F3N2. The summed E-state index contributed by atoms with van der Waals surface area (Å²) in [7, 11) is 0. The SMILES string of the molecule is C/C(C=Nc1ccc(C)c(C(F)(F)F)c1)=C/N. The van der Waals surface area contributed by atoms with Gasteiger partial charge in [-0.2, -0.15) is 13.2 Å². The van der Waals surface area contributed by atoms with Gasteiger partial charge in [-0.15, -0.1) is 0 Å². The zero-order valence-electron chi connectivity index (χ0n) is 9.55. The number of aryl methyl sites for hydroxylation is 1. The van der Waals surface area contributed by atoms with Crippen molar-refractivity contribution in [1.29, 1.82) is 0 Å². The standard InChI is InChI=1S/C12H13F3N2/c1-8(6-16)7-17-10-4-3-9(2)11(5-10)12(13,14)15/h3-7H,16H2,1-2H3/b8-6-,17-7?. The lowest BCUT2D eigenvalue weighted by Crippen LogP contribution is -2.06. The number of allylic oxidation sites excluding steroid dienone is 1. The number of hydrogen-bond acceptors (Lipinski definition) is 2. The fraction of sp³-hybridized carbons (Fsp3) is 0.250. The number of nitrogens with zero attached hydrogens (tertiary/aromatic N) is 1. The second-order valence-electron chi connectivity index (χ2n) is 3.67. The van der Waals surface area contributed by atoms with E-state index in [0.717, 1.165) is 6.07 Å². The first-order valence-corrected chi connectivity index (χ1v) is 4.95. The van der Waals surface area contributed by atoms with Gasteiger partial charge in [0.2, 0.25) is 0 Å². The van der Waals surface area contributed by atoms with Crippen LogP contribution in [0.15, 0.2) is 35.0 Å². The van der Waals surface area contributed by atoms with Gasteiger partial charge in [0.1, 0.15) is 0 Å². The molecule has 0 aromatic heterocycles. The summed E-state index contributed by atoms with van der Waals surface area (Å²) in [5.74, 6) is 0. The summed E-state index contributed by atoms with van der Waals surface area (Å²) in [5, 5.41) is 0. The van der Waals surface area contributed by atoms with Gasteiger partial charge in [0.15, 0.2) is 0 Å². The van der Waals surface area contributed by atoms with E-state index in [-0.39, 0.29) is 11.3 Å². The van der Waals surface area contributed by atoms with E-state index in [9.17, 15) is 13.2 Å². The summed E-state index contributed by atoms with van der Waals surface area (Å²) < 4.78 is 37.8. The molecule has 0 unspecified atom stereocenters. The molecule has 0 atom stereocenters. The Hall–Kier alpha value is -1.78. The molecule has 17 heavy (non-hydrogen) atoms. The average Bonchev–Trinajstić information content (AvgIpc) is 2.26. The van der Waals surface area contributed by atoms with Crippen molar-refractivity contribution in [2.24, 2.45) is 10.7 Å². The maximum atomic E-state index is 12.6. The Kier molecular flexibility index (Phi) is 3.93. The molecule has 0 aliphatic carbocycles. The van der Waals surface area contributed by atoms with Crippen LogP contribution in [0.2, 0.25) is 0 Å². The number of benzene rings is 1. The summed E-state index contributed by atoms with van der Waals surface area (Å²) in [6, 6.07) is 3.96. The highest BCUT2D eigenvalue weighted by Crippen LogP contribution is 2.33. The lowest BCUT2D eigenvalue weighted by atomic mass is 10.1. The van der Waals surface area contributed by atoms with Gasteiger partial charge in [-0.3, -0.25) is 4.99 Å². The monoisotopic (exact) mass is 242 g/mol. The Balaban J connectivity index is 3.10. The molecule has 2 N–H and O–H groups in total. The molecule has 0 aliphatic heterocycles. The van der Waals surface area contributed by atoms with Crippen molar-refractivity contribution < 1.29 is 13.2 Å². The van der Waals surface area contributed by atoms with E-state index in [1.54, 1.807) is 6.92 Å². The largest absolute Gasteiger partial charge is 0.416 e. The van der Waals surface area contributed by atoms with Crippen LogP contribution in [0.1, 0.15) is 18.1 Å². The Labute approximate surface area is 97.7 Å². The number of rotatable bonds is 2. The van der Waals surface area contributed by atoms with Gasteiger partial charge in [-0.05, 0) is 43.3 Å². The van der Waals surface area contributed by atoms with Crippen LogP contribution < -0.4 is 5.73 Å². The molecule has 0 amide bonds. The third-order valence-electron chi connectivity index (χ3n) is 2.21. The maximum Gasteiger partial charge on any atom is 0.416 e. The number of halogens is 3. The molecule has 1 rings (SSSR count). The molecule has 0 saturated heterocycles. The predicted octanol–water partition coefficient (Wildman–Crippen LogP) is 3.58. The fourth-order valence-corrected chi connectivity index (χ4v) is 1.22. The summed E-state index contributed by atoms with van der Waals surface area (Å²) in [4.78, 5) is 3.92. The van der Waals surface area contributed by atoms with Gasteiger partial charge >= 0.3 is 6.18 Å². The third-order valence-corrected chi connectivity index (χ3v) is 2.21. The molecule has 0 radical (unpaired) electrons. The van der Waals surface area contributed by atoms with Crippen LogP contribution in [0, 0.1) is 6.92 Å². The number of nitrogens with two attached hydrogens (primary N) is 1. The number of aliphatic imine (C=N–C) groups is 1. The molecule has 92 valence electrons. The normalized spacial score (nSPS) is 13.4. The molecule has 0 fully saturated rings. The van der Waals surface area contributed by atoms with Crippen LogP contribution in [0.5, 0.6) is 0 Å². The van der Waals surface area contributed by atoms with Gasteiger partial charge in [0, 0.05) is 6.21 Å². The molecule has 1 aromatic rings. The predicted molar refractivity (Wildman–Crippen MR) is 62.3 cm³/mol. The quantitative estimate of drug-likeness (QED) is 0.791. The van der Waals surface area contributed by atoms with E-state index in [2.05, 4.69) is 4.99 Å². The first-order valence-electron chi connectivity index (χ1n) is 4.95. The molecule has 5 heteroatoms. The zero-order valence-corrected chi connectivity index (χ0v) is 9.55. The molecule has 0 heterocycles. The van der Waals surface area contributed by atoms with Crippen molar-refractivity contribution >= 4 is 11.9 Å². The highest BCUT2D eigenvalue weighted by molar-refractivity contribution is 5.80. The minimum absolute atomic E-state index is 0.183. The van der Waals surface area contributed by atoms with Crippen LogP contribution in [-0.4, -0.2) is 6.21 Å². The van der Waals surface area contributed by atoms with Gasteiger partial charge < -0.3 is 5.73 Å². The highest BCUT2D eigenvalue weighted by atomic mass is 19.4.